The van der Waals surface area contributed by atoms with Crippen LogP contribution in [0.5, 0.6) is 0 Å². The number of hydrogen-bond acceptors (Lipinski definition) is 1. The van der Waals surface area contributed by atoms with Crippen LogP contribution in [0.15, 0.2) is 11.6 Å². The molecule has 2 aliphatic carbocycles. The number of fused-ring (bicyclic) bond motifs is 1. The lowest BCUT2D eigenvalue weighted by Crippen LogP contribution is -2.24. The predicted octanol–water partition coefficient (Wildman–Crippen LogP) is 1.82. The molecule has 2 rings (SSSR count). The summed E-state index contributed by atoms with van der Waals surface area (Å²) in [5.74, 6) is 0.706. The molecule has 0 spiro atoms. The van der Waals surface area contributed by atoms with Crippen molar-refractivity contribution in [3.63, 3.8) is 0 Å². The van der Waals surface area contributed by atoms with E-state index in [2.05, 4.69) is 0 Å². The van der Waals surface area contributed by atoms with Gasteiger partial charge in [-0.15, -0.1) is 0 Å². The van der Waals surface area contributed by atoms with Crippen molar-refractivity contribution in [2.75, 3.05) is 0 Å². The first-order chi connectivity index (χ1) is 5.27. The van der Waals surface area contributed by atoms with Crippen LogP contribution in [0.3, 0.4) is 0 Å². The second-order valence-corrected chi connectivity index (χ2v) is 3.56. The molecule has 1 N–H and O–H groups in total. The van der Waals surface area contributed by atoms with Crippen LogP contribution in [0.4, 0.5) is 0 Å². The Hall–Kier alpha value is -0.790. The molecule has 2 unspecified atom stereocenters. The molecule has 0 aromatic heterocycles. The van der Waals surface area contributed by atoms with Gasteiger partial charge in [0.2, 0.25) is 0 Å². The van der Waals surface area contributed by atoms with Gasteiger partial charge in [0.15, 0.2) is 0 Å². The highest BCUT2D eigenvalue weighted by atomic mass is 16.4. The first kappa shape index (κ1) is 6.89. The highest BCUT2D eigenvalue weighted by Gasteiger charge is 2.39. The van der Waals surface area contributed by atoms with Gasteiger partial charge in [0.1, 0.15) is 0 Å². The third-order valence-electron chi connectivity index (χ3n) is 2.94. The number of carbonyl (C=O) groups is 1. The molecular weight excluding hydrogens is 140 g/mol. The van der Waals surface area contributed by atoms with Gasteiger partial charge < -0.3 is 5.11 Å². The summed E-state index contributed by atoms with van der Waals surface area (Å²) < 4.78 is 0. The molecule has 2 nitrogen and oxygen atoms in total. The van der Waals surface area contributed by atoms with Crippen LogP contribution < -0.4 is 0 Å². The van der Waals surface area contributed by atoms with Crippen molar-refractivity contribution >= 4 is 5.97 Å². The molecule has 60 valence electrons. The minimum atomic E-state index is -0.773. The van der Waals surface area contributed by atoms with Gasteiger partial charge >= 0.3 is 5.97 Å². The summed E-state index contributed by atoms with van der Waals surface area (Å²) in [6.07, 6.45) is 6.31. The summed E-state index contributed by atoms with van der Waals surface area (Å²) in [5.41, 5.74) is 1.18. The Morgan fingerprint density at radius 2 is 2.36 bits per heavy atom. The van der Waals surface area contributed by atoms with E-state index in [-0.39, 0.29) is 0 Å². The highest BCUT2D eigenvalue weighted by molar-refractivity contribution is 5.81. The average Bonchev–Trinajstić information content (AvgIpc) is 2.26. The zero-order valence-electron chi connectivity index (χ0n) is 6.42. The van der Waals surface area contributed by atoms with Gasteiger partial charge in [0.05, 0.1) is 0 Å². The first-order valence-corrected chi connectivity index (χ1v) is 4.21. The standard InChI is InChI=1S/C9H12O2/c10-9(11)5-7-4-6-2-1-3-8(6)7/h5-6,8H,1-4H2,(H,10,11)/b7-5+. The molecule has 0 saturated heterocycles. The maximum atomic E-state index is 10.3. The SMILES string of the molecule is O=C(O)/C=C1\CC2CCCC12. The van der Waals surface area contributed by atoms with E-state index < -0.39 is 5.97 Å². The summed E-state index contributed by atoms with van der Waals surface area (Å²) in [7, 11) is 0. The molecule has 11 heavy (non-hydrogen) atoms. The van der Waals surface area contributed by atoms with Gasteiger partial charge in [0.25, 0.3) is 0 Å². The lowest BCUT2D eigenvalue weighted by Gasteiger charge is -2.33. The van der Waals surface area contributed by atoms with Gasteiger partial charge in [-0.1, -0.05) is 12.0 Å². The van der Waals surface area contributed by atoms with Crippen LogP contribution in [0.2, 0.25) is 0 Å². The molecule has 0 bridgehead atoms. The van der Waals surface area contributed by atoms with Crippen molar-refractivity contribution in [1.82, 2.24) is 0 Å². The number of carboxylic acids is 1. The summed E-state index contributed by atoms with van der Waals surface area (Å²) in [6, 6.07) is 0. The van der Waals surface area contributed by atoms with E-state index in [9.17, 15) is 4.79 Å². The lowest BCUT2D eigenvalue weighted by molar-refractivity contribution is -0.131. The van der Waals surface area contributed by atoms with E-state index in [0.717, 1.165) is 12.3 Å². The quantitative estimate of drug-likeness (QED) is 0.582. The summed E-state index contributed by atoms with van der Waals surface area (Å²) in [5, 5.41) is 8.49. The zero-order valence-corrected chi connectivity index (χ0v) is 6.42. The smallest absolute Gasteiger partial charge is 0.328 e. The molecule has 0 radical (unpaired) electrons. The molecule has 2 atom stereocenters. The van der Waals surface area contributed by atoms with Gasteiger partial charge in [-0.2, -0.15) is 0 Å². The Kier molecular flexibility index (Phi) is 1.48. The summed E-state index contributed by atoms with van der Waals surface area (Å²) in [6.45, 7) is 0. The third kappa shape index (κ3) is 1.06. The van der Waals surface area contributed by atoms with Crippen molar-refractivity contribution in [3.8, 4) is 0 Å². The maximum absolute atomic E-state index is 10.3. The van der Waals surface area contributed by atoms with E-state index in [4.69, 9.17) is 5.11 Å². The molecule has 0 aliphatic heterocycles. The fourth-order valence-electron chi connectivity index (χ4n) is 2.39. The van der Waals surface area contributed by atoms with Crippen molar-refractivity contribution < 1.29 is 9.90 Å². The monoisotopic (exact) mass is 152 g/mol. The van der Waals surface area contributed by atoms with Crippen LogP contribution in [-0.4, -0.2) is 11.1 Å². The topological polar surface area (TPSA) is 37.3 Å². The second kappa shape index (κ2) is 2.36. The predicted molar refractivity (Wildman–Crippen MR) is 41.2 cm³/mol. The average molecular weight is 152 g/mol. The molecule has 0 amide bonds. The van der Waals surface area contributed by atoms with Crippen LogP contribution >= 0.6 is 0 Å². The van der Waals surface area contributed by atoms with Crippen LogP contribution in [0.25, 0.3) is 0 Å². The molecule has 2 fully saturated rings. The van der Waals surface area contributed by atoms with E-state index in [1.807, 2.05) is 0 Å². The fourth-order valence-corrected chi connectivity index (χ4v) is 2.39. The molecule has 2 saturated carbocycles. The van der Waals surface area contributed by atoms with Gasteiger partial charge in [-0.25, -0.2) is 4.79 Å². The van der Waals surface area contributed by atoms with Crippen LogP contribution in [0.1, 0.15) is 25.7 Å². The summed E-state index contributed by atoms with van der Waals surface area (Å²) >= 11 is 0. The molecular formula is C9H12O2. The Morgan fingerprint density at radius 1 is 1.55 bits per heavy atom. The van der Waals surface area contributed by atoms with E-state index in [1.54, 1.807) is 0 Å². The molecule has 2 heteroatoms. The number of rotatable bonds is 1. The Labute approximate surface area is 65.9 Å². The van der Waals surface area contributed by atoms with Gasteiger partial charge in [0, 0.05) is 6.08 Å². The number of hydrogen-bond donors (Lipinski definition) is 1. The van der Waals surface area contributed by atoms with Crippen LogP contribution in [0, 0.1) is 11.8 Å². The lowest BCUT2D eigenvalue weighted by atomic mass is 9.71. The second-order valence-electron chi connectivity index (χ2n) is 3.56. The highest BCUT2D eigenvalue weighted by Crippen LogP contribution is 2.50. The van der Waals surface area contributed by atoms with Crippen molar-refractivity contribution in [2.24, 2.45) is 11.8 Å². The number of carboxylic acid groups (broad SMARTS) is 1. The van der Waals surface area contributed by atoms with Crippen LogP contribution in [-0.2, 0) is 4.79 Å². The largest absolute Gasteiger partial charge is 0.478 e. The molecule has 0 aromatic rings. The maximum Gasteiger partial charge on any atom is 0.328 e. The molecule has 0 heterocycles. The Bertz CT molecular complexity index is 218. The van der Waals surface area contributed by atoms with E-state index in [1.165, 1.54) is 30.9 Å². The third-order valence-corrected chi connectivity index (χ3v) is 2.94. The van der Waals surface area contributed by atoms with Crippen molar-refractivity contribution in [3.05, 3.63) is 11.6 Å². The summed E-state index contributed by atoms with van der Waals surface area (Å²) in [4.78, 5) is 10.3. The van der Waals surface area contributed by atoms with E-state index in [0.29, 0.717) is 5.92 Å². The molecule has 0 aromatic carbocycles. The van der Waals surface area contributed by atoms with Crippen molar-refractivity contribution in [2.45, 2.75) is 25.7 Å². The minimum absolute atomic E-state index is 0.645. The fraction of sp³-hybridized carbons (Fsp3) is 0.667. The number of aliphatic carboxylic acids is 1. The minimum Gasteiger partial charge on any atom is -0.478 e. The normalized spacial score (nSPS) is 38.4. The van der Waals surface area contributed by atoms with Crippen molar-refractivity contribution in [1.29, 1.82) is 0 Å². The van der Waals surface area contributed by atoms with Gasteiger partial charge in [-0.3, -0.25) is 0 Å². The molecule has 2 aliphatic rings. The number of allylic oxidation sites excluding steroid dienone is 1. The Morgan fingerprint density at radius 3 is 3.00 bits per heavy atom. The van der Waals surface area contributed by atoms with E-state index >= 15 is 0 Å². The van der Waals surface area contributed by atoms with Gasteiger partial charge in [-0.05, 0) is 31.1 Å². The first-order valence-electron chi connectivity index (χ1n) is 4.21. The Balaban J connectivity index is 2.05. The zero-order chi connectivity index (χ0) is 7.84.